The summed E-state index contributed by atoms with van der Waals surface area (Å²) in [5.41, 5.74) is 14.6. The van der Waals surface area contributed by atoms with Gasteiger partial charge in [0.15, 0.2) is 0 Å². The number of rotatable bonds is 7. The summed E-state index contributed by atoms with van der Waals surface area (Å²) in [7, 11) is 0. The Morgan fingerprint density at radius 3 is 1.74 bits per heavy atom. The summed E-state index contributed by atoms with van der Waals surface area (Å²) in [6.45, 7) is 22.6. The van der Waals surface area contributed by atoms with Gasteiger partial charge in [-0.15, -0.1) is 48.1 Å². The van der Waals surface area contributed by atoms with E-state index in [-0.39, 0.29) is 37.3 Å². The third kappa shape index (κ3) is 8.58. The third-order valence-corrected chi connectivity index (χ3v) is 12.6. The number of hydrogen-bond donors (Lipinski definition) is 0. The second-order valence-electron chi connectivity index (χ2n) is 20.4. The number of para-hydroxylation sites is 2. The van der Waals surface area contributed by atoms with Gasteiger partial charge in [-0.3, -0.25) is 0 Å². The minimum absolute atomic E-state index is 0. The van der Waals surface area contributed by atoms with Crippen LogP contribution in [0.4, 0.5) is 22.7 Å². The van der Waals surface area contributed by atoms with Crippen molar-refractivity contribution in [3.05, 3.63) is 199 Å². The Bertz CT molecular complexity index is 3190. The first kappa shape index (κ1) is 44.8. The van der Waals surface area contributed by atoms with Crippen LogP contribution in [0, 0.1) is 18.8 Å². The maximum absolute atomic E-state index is 6.70. The second kappa shape index (κ2) is 17.1. The van der Waals surface area contributed by atoms with Crippen molar-refractivity contribution in [2.75, 3.05) is 9.80 Å². The average Bonchev–Trinajstić information content (AvgIpc) is 3.84. The molecular weight excluding hydrogens is 988 g/mol. The first-order valence-corrected chi connectivity index (χ1v) is 22.6. The van der Waals surface area contributed by atoms with Gasteiger partial charge in [-0.05, 0) is 103 Å². The molecular formula is C60H55N4OPt-3. The molecule has 3 heterocycles. The van der Waals surface area contributed by atoms with Crippen LogP contribution in [0.5, 0.6) is 11.5 Å². The third-order valence-electron chi connectivity index (χ3n) is 12.6. The first-order chi connectivity index (χ1) is 31.1. The molecule has 1 aliphatic heterocycles. The van der Waals surface area contributed by atoms with Crippen molar-refractivity contribution in [3.8, 4) is 39.6 Å². The molecule has 2 aromatic heterocycles. The van der Waals surface area contributed by atoms with Crippen LogP contribution in [-0.4, -0.2) is 9.55 Å². The standard InChI is InChI=1S/C60H55N4O.Pt/c1-58(2,3)44-30-31-61-57(36-44)64-53-29-26-43(42-24-22-41(23-25-42)40-16-11-10-12-17-40)32-52(53)51-28-27-50(38-56(51)64)65-49-19-15-18-47(37-49)62-39-63(55-21-14-13-20-54(55)62)48-34-45(59(4,5)6)33-46(35-48)60(7,8)9;/h10-36,39H,1-9H3;/q-3;. The van der Waals surface area contributed by atoms with Crippen LogP contribution < -0.4 is 14.5 Å². The van der Waals surface area contributed by atoms with E-state index in [4.69, 9.17) is 9.72 Å². The van der Waals surface area contributed by atoms with Crippen LogP contribution in [0.15, 0.2) is 164 Å². The van der Waals surface area contributed by atoms with E-state index >= 15 is 0 Å². The molecule has 66 heavy (non-hydrogen) atoms. The fraction of sp³-hybridized carbons (Fsp3) is 0.200. The molecule has 1 aliphatic rings. The van der Waals surface area contributed by atoms with Crippen LogP contribution in [0.1, 0.15) is 79.0 Å². The van der Waals surface area contributed by atoms with E-state index in [1.807, 2.05) is 24.4 Å². The number of anilines is 4. The van der Waals surface area contributed by atoms with Crippen molar-refractivity contribution in [1.29, 1.82) is 0 Å². The van der Waals surface area contributed by atoms with Gasteiger partial charge in [0.25, 0.3) is 0 Å². The van der Waals surface area contributed by atoms with Crippen molar-refractivity contribution < 1.29 is 25.8 Å². The fourth-order valence-electron chi connectivity index (χ4n) is 8.77. The van der Waals surface area contributed by atoms with Gasteiger partial charge in [0.05, 0.1) is 0 Å². The molecule has 0 amide bonds. The number of nitrogens with zero attached hydrogens (tertiary/aromatic N) is 4. The van der Waals surface area contributed by atoms with Crippen molar-refractivity contribution in [3.63, 3.8) is 0 Å². The summed E-state index contributed by atoms with van der Waals surface area (Å²) in [5.74, 6) is 2.04. The van der Waals surface area contributed by atoms with E-state index in [0.29, 0.717) is 11.5 Å². The summed E-state index contributed by atoms with van der Waals surface area (Å²) in [4.78, 5) is 9.45. The predicted octanol–water partition coefficient (Wildman–Crippen LogP) is 16.2. The van der Waals surface area contributed by atoms with Crippen LogP contribution >= 0.6 is 0 Å². The van der Waals surface area contributed by atoms with E-state index in [2.05, 4.69) is 235 Å². The van der Waals surface area contributed by atoms with E-state index < -0.39 is 0 Å². The Kier molecular flexibility index (Phi) is 11.6. The van der Waals surface area contributed by atoms with Crippen LogP contribution in [0.3, 0.4) is 0 Å². The molecule has 0 saturated heterocycles. The zero-order valence-electron chi connectivity index (χ0n) is 39.2. The molecule has 0 radical (unpaired) electrons. The molecule has 0 spiro atoms. The Balaban J connectivity index is 0.00000548. The van der Waals surface area contributed by atoms with Crippen molar-refractivity contribution in [1.82, 2.24) is 9.55 Å². The van der Waals surface area contributed by atoms with Crippen molar-refractivity contribution in [2.45, 2.75) is 78.6 Å². The Morgan fingerprint density at radius 2 is 1.08 bits per heavy atom. The summed E-state index contributed by atoms with van der Waals surface area (Å²) < 4.78 is 8.92. The number of hydrogen-bond acceptors (Lipinski definition) is 4. The summed E-state index contributed by atoms with van der Waals surface area (Å²) in [6, 6.07) is 63.5. The smallest absolute Gasteiger partial charge is 0.135 e. The number of benzene rings is 7. The fourth-order valence-corrected chi connectivity index (χ4v) is 8.77. The first-order valence-electron chi connectivity index (χ1n) is 22.6. The van der Waals surface area contributed by atoms with Crippen molar-refractivity contribution in [2.24, 2.45) is 0 Å². The minimum atomic E-state index is -0.0511. The molecule has 10 rings (SSSR count). The molecule has 9 aromatic rings. The van der Waals surface area contributed by atoms with E-state index in [1.54, 1.807) is 0 Å². The molecule has 0 aliphatic carbocycles. The monoisotopic (exact) mass is 1040 g/mol. The van der Waals surface area contributed by atoms with Crippen LogP contribution in [-0.2, 0) is 37.3 Å². The molecule has 0 unspecified atom stereocenters. The normalized spacial score (nSPS) is 13.0. The SMILES string of the molecule is CC(C)(C)c1cc(N2[CH-]N(c3[c-]c(Oc4[c-]c5c(cc4)c4cc(-c6ccc(-c7ccccc7)cc6)ccc4n5-c4cc(C(C)(C)C)ccn4)ccc3)c3ccccc32)cc(C(C)(C)C)c1.[Pt]. The minimum Gasteiger partial charge on any atom is -0.509 e. The largest absolute Gasteiger partial charge is 0.509 e. The number of aromatic nitrogens is 2. The molecule has 0 atom stereocenters. The topological polar surface area (TPSA) is 33.5 Å². The van der Waals surface area contributed by atoms with Gasteiger partial charge < -0.3 is 19.1 Å². The summed E-state index contributed by atoms with van der Waals surface area (Å²) in [6.07, 6.45) is 1.91. The Labute approximate surface area is 405 Å². The number of pyridine rings is 1. The average molecular weight is 1040 g/mol. The molecule has 0 N–H and O–H groups in total. The van der Waals surface area contributed by atoms with Gasteiger partial charge >= 0.3 is 0 Å². The zero-order valence-corrected chi connectivity index (χ0v) is 41.5. The maximum Gasteiger partial charge on any atom is 0.135 e. The zero-order chi connectivity index (χ0) is 45.3. The van der Waals surface area contributed by atoms with Gasteiger partial charge in [0.1, 0.15) is 5.82 Å². The van der Waals surface area contributed by atoms with E-state index in [1.165, 1.54) is 27.8 Å². The summed E-state index contributed by atoms with van der Waals surface area (Å²) in [5, 5.41) is 2.20. The number of ether oxygens (including phenoxy) is 1. The second-order valence-corrected chi connectivity index (χ2v) is 20.4. The van der Waals surface area contributed by atoms with Crippen LogP contribution in [0.2, 0.25) is 0 Å². The Hall–Kier alpha value is -6.42. The molecule has 334 valence electrons. The van der Waals surface area contributed by atoms with Gasteiger partial charge in [0, 0.05) is 61.3 Å². The Morgan fingerprint density at radius 1 is 0.485 bits per heavy atom. The maximum atomic E-state index is 6.70. The van der Waals surface area contributed by atoms with Gasteiger partial charge in [-0.25, -0.2) is 4.98 Å². The summed E-state index contributed by atoms with van der Waals surface area (Å²) >= 11 is 0. The molecule has 5 nitrogen and oxygen atoms in total. The van der Waals surface area contributed by atoms with Crippen molar-refractivity contribution >= 4 is 44.6 Å². The molecule has 7 aromatic carbocycles. The van der Waals surface area contributed by atoms with Gasteiger partial charge in [0.2, 0.25) is 0 Å². The quantitative estimate of drug-likeness (QED) is 0.149. The molecule has 0 bridgehead atoms. The molecule has 0 fully saturated rings. The van der Waals surface area contributed by atoms with Gasteiger partial charge in [-0.2, -0.15) is 12.1 Å². The van der Waals surface area contributed by atoms with E-state index in [9.17, 15) is 0 Å². The molecule has 0 saturated carbocycles. The number of fused-ring (bicyclic) bond motifs is 4. The van der Waals surface area contributed by atoms with Crippen LogP contribution in [0.25, 0.3) is 49.9 Å². The molecule has 6 heteroatoms. The predicted molar refractivity (Wildman–Crippen MR) is 271 cm³/mol. The van der Waals surface area contributed by atoms with E-state index in [0.717, 1.165) is 61.5 Å². The van der Waals surface area contributed by atoms with Gasteiger partial charge in [-0.1, -0.05) is 153 Å².